The minimum atomic E-state index is -1.18. The largest absolute Gasteiger partial charge is 0.471 e. The van der Waals surface area contributed by atoms with Gasteiger partial charge in [0.1, 0.15) is 23.6 Å². The molecule has 2 heterocycles. The number of nitrogen functional groups attached to an aromatic ring is 1. The first-order valence-electron chi connectivity index (χ1n) is 9.80. The van der Waals surface area contributed by atoms with E-state index in [9.17, 15) is 9.90 Å². The molecule has 1 saturated heterocycles. The van der Waals surface area contributed by atoms with Crippen molar-refractivity contribution in [2.45, 2.75) is 45.0 Å². The summed E-state index contributed by atoms with van der Waals surface area (Å²) in [6.07, 6.45) is -0.356. The van der Waals surface area contributed by atoms with Gasteiger partial charge in [0, 0.05) is 12.0 Å². The summed E-state index contributed by atoms with van der Waals surface area (Å²) in [5.74, 6) is -0.624. The fourth-order valence-electron chi connectivity index (χ4n) is 2.71. The van der Waals surface area contributed by atoms with Crippen LogP contribution in [0.15, 0.2) is 24.3 Å². The number of benzene rings is 1. The van der Waals surface area contributed by atoms with E-state index in [1.54, 1.807) is 45.0 Å². The van der Waals surface area contributed by atoms with Crippen molar-refractivity contribution in [1.29, 1.82) is 5.26 Å². The van der Waals surface area contributed by atoms with Gasteiger partial charge in [-0.05, 0) is 32.9 Å². The van der Waals surface area contributed by atoms with Gasteiger partial charge in [-0.3, -0.25) is 9.63 Å². The number of nitrogens with zero attached hydrogens (tertiary/aromatic N) is 3. The highest BCUT2D eigenvalue weighted by atomic mass is 16.7. The number of nitrogens with one attached hydrogen (secondary N) is 1. The average molecular weight is 427 g/mol. The van der Waals surface area contributed by atoms with Crippen molar-refractivity contribution < 1.29 is 24.2 Å². The lowest BCUT2D eigenvalue weighted by molar-refractivity contribution is -0.107. The van der Waals surface area contributed by atoms with Gasteiger partial charge in [0.05, 0.1) is 30.4 Å². The van der Waals surface area contributed by atoms with Crippen LogP contribution in [0, 0.1) is 11.3 Å². The molecule has 1 amide bonds. The number of aliphatic hydroxyl groups is 1. The van der Waals surface area contributed by atoms with Gasteiger partial charge < -0.3 is 20.3 Å². The maximum absolute atomic E-state index is 12.8. The third-order valence-electron chi connectivity index (χ3n) is 4.87. The predicted molar refractivity (Wildman–Crippen MR) is 111 cm³/mol. The van der Waals surface area contributed by atoms with Gasteiger partial charge >= 0.3 is 0 Å². The third kappa shape index (κ3) is 5.46. The first kappa shape index (κ1) is 22.4. The summed E-state index contributed by atoms with van der Waals surface area (Å²) in [6.45, 7) is 5.62. The summed E-state index contributed by atoms with van der Waals surface area (Å²) in [5, 5.41) is 19.1. The highest BCUT2D eigenvalue weighted by Crippen LogP contribution is 2.28. The maximum Gasteiger partial charge on any atom is 0.284 e. The lowest BCUT2D eigenvalue weighted by Gasteiger charge is -2.25. The highest BCUT2D eigenvalue weighted by molar-refractivity contribution is 6.00. The summed E-state index contributed by atoms with van der Waals surface area (Å²) in [5.41, 5.74) is 8.10. The summed E-state index contributed by atoms with van der Waals surface area (Å²) in [4.78, 5) is 26.7. The fraction of sp³-hybridized carbons (Fsp3) is 0.429. The number of carbonyl (C=O) groups is 1. The van der Waals surface area contributed by atoms with Crippen molar-refractivity contribution in [1.82, 2.24) is 15.4 Å². The SMILES string of the molecule is C[C@H](ONC(=O)c1c(N)nc(-c2cccc(C#N)c2)nc1O[C@H]1CCOC1)C(C)(C)O. The highest BCUT2D eigenvalue weighted by Gasteiger charge is 2.28. The number of hydrogen-bond donors (Lipinski definition) is 3. The van der Waals surface area contributed by atoms with Crippen LogP contribution in [-0.2, 0) is 9.57 Å². The van der Waals surface area contributed by atoms with Crippen LogP contribution in [0.4, 0.5) is 5.82 Å². The molecule has 3 rings (SSSR count). The Hall–Kier alpha value is -3.26. The van der Waals surface area contributed by atoms with Gasteiger partial charge in [-0.1, -0.05) is 12.1 Å². The molecule has 0 unspecified atom stereocenters. The molecule has 164 valence electrons. The second-order valence-corrected chi connectivity index (χ2v) is 7.75. The number of rotatable bonds is 7. The molecule has 1 aliphatic rings. The van der Waals surface area contributed by atoms with Crippen LogP contribution < -0.4 is 16.0 Å². The molecule has 0 bridgehead atoms. The van der Waals surface area contributed by atoms with E-state index in [4.69, 9.17) is 25.3 Å². The second kappa shape index (κ2) is 9.26. The number of nitrogens with two attached hydrogens (primary N) is 1. The fourth-order valence-corrected chi connectivity index (χ4v) is 2.71. The molecule has 1 fully saturated rings. The Morgan fingerprint density at radius 3 is 2.87 bits per heavy atom. The van der Waals surface area contributed by atoms with Crippen LogP contribution in [0.3, 0.4) is 0 Å². The van der Waals surface area contributed by atoms with Gasteiger partial charge in [0.15, 0.2) is 5.82 Å². The Kier molecular flexibility index (Phi) is 6.70. The molecular formula is C21H25N5O5. The molecule has 0 radical (unpaired) electrons. The van der Waals surface area contributed by atoms with Crippen molar-refractivity contribution in [3.63, 3.8) is 0 Å². The number of anilines is 1. The van der Waals surface area contributed by atoms with Gasteiger partial charge in [0.2, 0.25) is 5.88 Å². The van der Waals surface area contributed by atoms with Crippen LogP contribution in [0.25, 0.3) is 11.4 Å². The van der Waals surface area contributed by atoms with E-state index >= 15 is 0 Å². The molecule has 2 atom stereocenters. The van der Waals surface area contributed by atoms with Crippen molar-refractivity contribution in [2.75, 3.05) is 18.9 Å². The van der Waals surface area contributed by atoms with Crippen LogP contribution in [0.2, 0.25) is 0 Å². The van der Waals surface area contributed by atoms with Gasteiger partial charge in [-0.2, -0.15) is 10.2 Å². The van der Waals surface area contributed by atoms with Crippen molar-refractivity contribution in [3.05, 3.63) is 35.4 Å². The molecule has 0 aliphatic carbocycles. The van der Waals surface area contributed by atoms with E-state index < -0.39 is 17.6 Å². The molecule has 1 aromatic heterocycles. The molecule has 10 heteroatoms. The van der Waals surface area contributed by atoms with Crippen LogP contribution in [0.5, 0.6) is 5.88 Å². The number of carbonyl (C=O) groups excluding carboxylic acids is 1. The molecule has 1 aliphatic heterocycles. The number of amides is 1. The Balaban J connectivity index is 1.95. The predicted octanol–water partition coefficient (Wildman–Crippen LogP) is 1.59. The molecule has 0 spiro atoms. The molecule has 2 aromatic rings. The number of aromatic nitrogens is 2. The zero-order valence-electron chi connectivity index (χ0n) is 17.6. The topological polar surface area (TPSA) is 153 Å². The van der Waals surface area contributed by atoms with E-state index in [1.807, 2.05) is 0 Å². The molecule has 4 N–H and O–H groups in total. The monoisotopic (exact) mass is 427 g/mol. The van der Waals surface area contributed by atoms with Gasteiger partial charge in [-0.25, -0.2) is 10.5 Å². The van der Waals surface area contributed by atoms with Crippen LogP contribution >= 0.6 is 0 Å². The second-order valence-electron chi connectivity index (χ2n) is 7.75. The zero-order valence-corrected chi connectivity index (χ0v) is 17.6. The first-order valence-corrected chi connectivity index (χ1v) is 9.80. The number of nitriles is 1. The maximum atomic E-state index is 12.8. The Morgan fingerprint density at radius 2 is 2.23 bits per heavy atom. The average Bonchev–Trinajstić information content (AvgIpc) is 3.23. The molecule has 31 heavy (non-hydrogen) atoms. The lowest BCUT2D eigenvalue weighted by atomic mass is 10.0. The van der Waals surface area contributed by atoms with E-state index in [1.165, 1.54) is 0 Å². The standard InChI is InChI=1S/C21H25N5O5/c1-12(21(2,3)28)31-26-19(27)16-17(23)24-18(14-6-4-5-13(9-14)10-22)25-20(16)30-15-7-8-29-11-15/h4-6,9,12,15,28H,7-8,11H2,1-3H3,(H,26,27)(H2,23,24,25)/t12-,15-/m0/s1. The number of ether oxygens (including phenoxy) is 2. The van der Waals surface area contributed by atoms with Crippen molar-refractivity contribution in [2.24, 2.45) is 0 Å². The third-order valence-corrected chi connectivity index (χ3v) is 4.87. The van der Waals surface area contributed by atoms with E-state index in [-0.39, 0.29) is 29.2 Å². The van der Waals surface area contributed by atoms with E-state index in [0.29, 0.717) is 30.8 Å². The van der Waals surface area contributed by atoms with Crippen LogP contribution in [0.1, 0.15) is 43.1 Å². The molecule has 10 nitrogen and oxygen atoms in total. The minimum Gasteiger partial charge on any atom is -0.471 e. The smallest absolute Gasteiger partial charge is 0.284 e. The van der Waals surface area contributed by atoms with Gasteiger partial charge in [0.25, 0.3) is 5.91 Å². The molecule has 0 saturated carbocycles. The van der Waals surface area contributed by atoms with E-state index in [0.717, 1.165) is 0 Å². The molecular weight excluding hydrogens is 402 g/mol. The Morgan fingerprint density at radius 1 is 1.45 bits per heavy atom. The summed E-state index contributed by atoms with van der Waals surface area (Å²) in [7, 11) is 0. The van der Waals surface area contributed by atoms with Gasteiger partial charge in [-0.15, -0.1) is 0 Å². The Labute approximate surface area is 179 Å². The quantitative estimate of drug-likeness (QED) is 0.559. The van der Waals surface area contributed by atoms with Crippen molar-refractivity contribution in [3.8, 4) is 23.3 Å². The van der Waals surface area contributed by atoms with E-state index in [2.05, 4.69) is 21.5 Å². The Bertz CT molecular complexity index is 993. The number of hydrogen-bond acceptors (Lipinski definition) is 9. The van der Waals surface area contributed by atoms with Crippen LogP contribution in [-0.4, -0.2) is 52.0 Å². The summed E-state index contributed by atoms with van der Waals surface area (Å²) in [6, 6.07) is 8.76. The summed E-state index contributed by atoms with van der Waals surface area (Å²) >= 11 is 0. The lowest BCUT2D eigenvalue weighted by Crippen LogP contribution is -2.41. The normalized spacial score (nSPS) is 17.1. The number of hydroxylamine groups is 1. The summed E-state index contributed by atoms with van der Waals surface area (Å²) < 4.78 is 11.2. The first-order chi connectivity index (χ1) is 14.7. The molecule has 1 aromatic carbocycles. The zero-order chi connectivity index (χ0) is 22.6. The van der Waals surface area contributed by atoms with Crippen molar-refractivity contribution >= 4 is 11.7 Å². The minimum absolute atomic E-state index is 0.0163.